The molecule has 3 N–H and O–H groups in total. The molecule has 1 atom stereocenters. The molecular weight excluding hydrogens is 184 g/mol. The Morgan fingerprint density at radius 1 is 1.29 bits per heavy atom. The molecule has 82 valence electrons. The average Bonchev–Trinajstić information content (AvgIpc) is 2.01. The van der Waals surface area contributed by atoms with Gasteiger partial charge in [0, 0.05) is 5.41 Å². The minimum Gasteiger partial charge on any atom is -0.453 e. The van der Waals surface area contributed by atoms with E-state index >= 15 is 0 Å². The fourth-order valence-electron chi connectivity index (χ4n) is 1.02. The summed E-state index contributed by atoms with van der Waals surface area (Å²) in [5.41, 5.74) is 3.85. The molecule has 5 heteroatoms. The first-order valence-corrected chi connectivity index (χ1v) is 4.31. The van der Waals surface area contributed by atoms with Crippen LogP contribution in [0.2, 0.25) is 0 Å². The highest BCUT2D eigenvalue weighted by atomic mass is 16.5. The third kappa shape index (κ3) is 2.45. The van der Waals surface area contributed by atoms with Gasteiger partial charge in [0.2, 0.25) is 0 Å². The molecule has 14 heavy (non-hydrogen) atoms. The first kappa shape index (κ1) is 12.9. The highest BCUT2D eigenvalue weighted by molar-refractivity contribution is 5.89. The van der Waals surface area contributed by atoms with Gasteiger partial charge in [0.25, 0.3) is 0 Å². The van der Waals surface area contributed by atoms with Gasteiger partial charge in [0.05, 0.1) is 7.11 Å². The summed E-state index contributed by atoms with van der Waals surface area (Å²) in [5.74, 6) is -0.310. The summed E-state index contributed by atoms with van der Waals surface area (Å²) < 4.78 is 4.41. The number of Topliss-reactive ketones (excluding diaryl/α,β-unsaturated/α-hetero) is 1. The molecule has 0 rings (SSSR count). The van der Waals surface area contributed by atoms with Gasteiger partial charge in [-0.05, 0) is 6.92 Å². The molecule has 0 aromatic carbocycles. The van der Waals surface area contributed by atoms with Crippen molar-refractivity contribution >= 4 is 11.9 Å². The maximum Gasteiger partial charge on any atom is 0.408 e. The molecule has 0 unspecified atom stereocenters. The second-order valence-corrected chi connectivity index (χ2v) is 4.23. The van der Waals surface area contributed by atoms with Crippen LogP contribution in [0, 0.1) is 5.41 Å². The number of nitrogens with one attached hydrogen (secondary N) is 1. The van der Waals surface area contributed by atoms with E-state index < -0.39 is 17.2 Å². The van der Waals surface area contributed by atoms with E-state index in [-0.39, 0.29) is 5.78 Å². The summed E-state index contributed by atoms with van der Waals surface area (Å²) in [4.78, 5) is 22.4. The van der Waals surface area contributed by atoms with Crippen LogP contribution in [0.25, 0.3) is 0 Å². The molecule has 1 amide bonds. The SMILES string of the molecule is COC(=O)N[C@](N)(C(C)=O)C(C)(C)C. The van der Waals surface area contributed by atoms with Crippen molar-refractivity contribution in [3.05, 3.63) is 0 Å². The van der Waals surface area contributed by atoms with Crippen molar-refractivity contribution in [1.82, 2.24) is 5.32 Å². The lowest BCUT2D eigenvalue weighted by Gasteiger charge is -2.39. The Morgan fingerprint density at radius 3 is 1.93 bits per heavy atom. The summed E-state index contributed by atoms with van der Waals surface area (Å²) in [6.07, 6.45) is -0.711. The number of alkyl carbamates (subject to hydrolysis) is 1. The van der Waals surface area contributed by atoms with Crippen LogP contribution >= 0.6 is 0 Å². The average molecular weight is 202 g/mol. The van der Waals surface area contributed by atoms with Gasteiger partial charge >= 0.3 is 6.09 Å². The number of methoxy groups -OCH3 is 1. The van der Waals surface area contributed by atoms with Gasteiger partial charge in [-0.1, -0.05) is 20.8 Å². The monoisotopic (exact) mass is 202 g/mol. The van der Waals surface area contributed by atoms with Crippen molar-refractivity contribution in [2.24, 2.45) is 11.1 Å². The Labute approximate surface area is 84.0 Å². The Morgan fingerprint density at radius 2 is 1.71 bits per heavy atom. The van der Waals surface area contributed by atoms with E-state index in [0.717, 1.165) is 0 Å². The Bertz CT molecular complexity index is 245. The third-order valence-electron chi connectivity index (χ3n) is 2.22. The molecule has 0 radical (unpaired) electrons. The van der Waals surface area contributed by atoms with Gasteiger partial charge in [0.15, 0.2) is 11.4 Å². The number of ketones is 1. The number of carbonyl (C=O) groups excluding carboxylic acids is 2. The predicted molar refractivity (Wildman–Crippen MR) is 52.6 cm³/mol. The van der Waals surface area contributed by atoms with Crippen molar-refractivity contribution in [2.75, 3.05) is 7.11 Å². The molecule has 5 nitrogen and oxygen atoms in total. The van der Waals surface area contributed by atoms with E-state index in [1.54, 1.807) is 20.8 Å². The number of hydrogen-bond donors (Lipinski definition) is 2. The summed E-state index contributed by atoms with van der Waals surface area (Å²) in [6, 6.07) is 0. The van der Waals surface area contributed by atoms with Gasteiger partial charge in [-0.15, -0.1) is 0 Å². The van der Waals surface area contributed by atoms with Crippen molar-refractivity contribution in [3.8, 4) is 0 Å². The Balaban J connectivity index is 4.93. The number of rotatable bonds is 2. The van der Waals surface area contributed by atoms with Crippen LogP contribution in [0.5, 0.6) is 0 Å². The lowest BCUT2D eigenvalue weighted by atomic mass is 9.78. The smallest absolute Gasteiger partial charge is 0.408 e. The first-order valence-electron chi connectivity index (χ1n) is 4.31. The second-order valence-electron chi connectivity index (χ2n) is 4.23. The van der Waals surface area contributed by atoms with E-state index in [1.807, 2.05) is 0 Å². The zero-order valence-corrected chi connectivity index (χ0v) is 9.30. The standard InChI is InChI=1S/C9H18N2O3/c1-6(12)9(10,8(2,3)4)11-7(13)14-5/h10H2,1-5H3,(H,11,13)/t9-/m1/s1. The lowest BCUT2D eigenvalue weighted by molar-refractivity contribution is -0.127. The minimum atomic E-state index is -1.40. The number of nitrogens with two attached hydrogens (primary N) is 1. The van der Waals surface area contributed by atoms with Crippen molar-refractivity contribution in [2.45, 2.75) is 33.4 Å². The Hall–Kier alpha value is -1.10. The Kier molecular flexibility index (Phi) is 3.65. The van der Waals surface area contributed by atoms with E-state index in [9.17, 15) is 9.59 Å². The van der Waals surface area contributed by atoms with Gasteiger partial charge in [-0.25, -0.2) is 4.79 Å². The molecule has 0 saturated carbocycles. The summed E-state index contributed by atoms with van der Waals surface area (Å²) >= 11 is 0. The maximum absolute atomic E-state index is 11.4. The van der Waals surface area contributed by atoms with Gasteiger partial charge in [-0.2, -0.15) is 0 Å². The van der Waals surface area contributed by atoms with Gasteiger partial charge in [-0.3, -0.25) is 10.1 Å². The molecule has 0 aromatic rings. The van der Waals surface area contributed by atoms with Crippen LogP contribution in [-0.2, 0) is 9.53 Å². The topological polar surface area (TPSA) is 81.4 Å². The van der Waals surface area contributed by atoms with E-state index in [2.05, 4.69) is 10.1 Å². The zero-order chi connectivity index (χ0) is 11.6. The van der Waals surface area contributed by atoms with Crippen LogP contribution < -0.4 is 11.1 Å². The van der Waals surface area contributed by atoms with E-state index in [1.165, 1.54) is 14.0 Å². The van der Waals surface area contributed by atoms with Crippen molar-refractivity contribution in [3.63, 3.8) is 0 Å². The molecule has 0 bridgehead atoms. The van der Waals surface area contributed by atoms with Gasteiger partial charge in [0.1, 0.15) is 0 Å². The minimum absolute atomic E-state index is 0.310. The fourth-order valence-corrected chi connectivity index (χ4v) is 1.02. The van der Waals surface area contributed by atoms with Crippen LogP contribution in [-0.4, -0.2) is 24.6 Å². The first-order chi connectivity index (χ1) is 6.15. The molecule has 0 spiro atoms. The predicted octanol–water partition coefficient (Wildman–Crippen LogP) is 0.632. The molecule has 0 saturated heterocycles. The highest BCUT2D eigenvalue weighted by Gasteiger charge is 2.44. The third-order valence-corrected chi connectivity index (χ3v) is 2.22. The molecule has 0 heterocycles. The largest absolute Gasteiger partial charge is 0.453 e. The van der Waals surface area contributed by atoms with Crippen LogP contribution in [0.4, 0.5) is 4.79 Å². The number of hydrogen-bond acceptors (Lipinski definition) is 4. The zero-order valence-electron chi connectivity index (χ0n) is 9.30. The normalized spacial score (nSPS) is 15.6. The molecular formula is C9H18N2O3. The second kappa shape index (κ2) is 3.96. The molecule has 0 fully saturated rings. The van der Waals surface area contributed by atoms with Crippen LogP contribution in [0.1, 0.15) is 27.7 Å². The molecule has 0 aliphatic rings. The van der Waals surface area contributed by atoms with Crippen molar-refractivity contribution < 1.29 is 14.3 Å². The quantitative estimate of drug-likeness (QED) is 0.643. The van der Waals surface area contributed by atoms with E-state index in [0.29, 0.717) is 0 Å². The van der Waals surface area contributed by atoms with Crippen LogP contribution in [0.15, 0.2) is 0 Å². The molecule has 0 aliphatic carbocycles. The number of carbonyl (C=O) groups is 2. The summed E-state index contributed by atoms with van der Waals surface area (Å²) in [5, 5.41) is 2.35. The molecule has 0 aliphatic heterocycles. The summed E-state index contributed by atoms with van der Waals surface area (Å²) in [7, 11) is 1.22. The number of amides is 1. The number of ether oxygens (including phenoxy) is 1. The summed E-state index contributed by atoms with van der Waals surface area (Å²) in [6.45, 7) is 6.64. The van der Waals surface area contributed by atoms with Crippen molar-refractivity contribution in [1.29, 1.82) is 0 Å². The van der Waals surface area contributed by atoms with E-state index in [4.69, 9.17) is 5.73 Å². The highest BCUT2D eigenvalue weighted by Crippen LogP contribution is 2.26. The fraction of sp³-hybridized carbons (Fsp3) is 0.778. The van der Waals surface area contributed by atoms with Crippen LogP contribution in [0.3, 0.4) is 0 Å². The maximum atomic E-state index is 11.4. The molecule has 0 aromatic heterocycles. The van der Waals surface area contributed by atoms with Gasteiger partial charge < -0.3 is 10.5 Å². The lowest BCUT2D eigenvalue weighted by Crippen LogP contribution is -2.68.